The second kappa shape index (κ2) is 8.54. The number of ether oxygens (including phenoxy) is 1. The molecule has 20 heavy (non-hydrogen) atoms. The zero-order chi connectivity index (χ0) is 14.2. The summed E-state index contributed by atoms with van der Waals surface area (Å²) >= 11 is 0. The summed E-state index contributed by atoms with van der Waals surface area (Å²) in [5.41, 5.74) is 3.28. The zero-order valence-corrected chi connectivity index (χ0v) is 13.5. The number of allylic oxidation sites excluding steroid dienone is 2. The quantitative estimate of drug-likeness (QED) is 0.613. The molecular formula is C19H32O. The summed E-state index contributed by atoms with van der Waals surface area (Å²) in [6.45, 7) is 5.53. The SMILES string of the molecule is CCCC1CCCCCCCC(CC)C2=C1C=COC2. The Balaban J connectivity index is 2.25. The van der Waals surface area contributed by atoms with Crippen LogP contribution in [0.4, 0.5) is 0 Å². The molecule has 0 radical (unpaired) electrons. The van der Waals surface area contributed by atoms with Crippen LogP contribution in [-0.2, 0) is 4.74 Å². The summed E-state index contributed by atoms with van der Waals surface area (Å²) in [5, 5.41) is 0. The lowest BCUT2D eigenvalue weighted by molar-refractivity contribution is 0.252. The predicted molar refractivity (Wildman–Crippen MR) is 86.6 cm³/mol. The van der Waals surface area contributed by atoms with Gasteiger partial charge in [-0.2, -0.15) is 0 Å². The molecule has 2 atom stereocenters. The first-order valence-corrected chi connectivity index (χ1v) is 8.87. The Kier molecular flexibility index (Phi) is 6.69. The van der Waals surface area contributed by atoms with Crippen molar-refractivity contribution in [2.24, 2.45) is 11.8 Å². The van der Waals surface area contributed by atoms with Crippen molar-refractivity contribution in [3.05, 3.63) is 23.5 Å². The van der Waals surface area contributed by atoms with Crippen molar-refractivity contribution < 1.29 is 4.74 Å². The van der Waals surface area contributed by atoms with Gasteiger partial charge < -0.3 is 4.74 Å². The van der Waals surface area contributed by atoms with E-state index in [9.17, 15) is 0 Å². The van der Waals surface area contributed by atoms with Gasteiger partial charge in [0.2, 0.25) is 0 Å². The Morgan fingerprint density at radius 1 is 1.00 bits per heavy atom. The monoisotopic (exact) mass is 276 g/mol. The highest BCUT2D eigenvalue weighted by molar-refractivity contribution is 5.32. The Hall–Kier alpha value is -0.720. The highest BCUT2D eigenvalue weighted by Gasteiger charge is 2.23. The normalized spacial score (nSPS) is 28.5. The predicted octanol–water partition coefficient (Wildman–Crippen LogP) is 6.01. The number of rotatable bonds is 3. The van der Waals surface area contributed by atoms with E-state index < -0.39 is 0 Å². The second-order valence-corrected chi connectivity index (χ2v) is 6.53. The van der Waals surface area contributed by atoms with Crippen molar-refractivity contribution in [3.63, 3.8) is 0 Å². The molecular weight excluding hydrogens is 244 g/mol. The molecule has 0 N–H and O–H groups in total. The van der Waals surface area contributed by atoms with Crippen LogP contribution in [0.2, 0.25) is 0 Å². The van der Waals surface area contributed by atoms with Gasteiger partial charge in [0.05, 0.1) is 6.26 Å². The molecule has 0 bridgehead atoms. The van der Waals surface area contributed by atoms with E-state index in [-0.39, 0.29) is 0 Å². The molecule has 2 rings (SSSR count). The van der Waals surface area contributed by atoms with E-state index >= 15 is 0 Å². The minimum atomic E-state index is 0.757. The summed E-state index contributed by atoms with van der Waals surface area (Å²) in [5.74, 6) is 1.54. The summed E-state index contributed by atoms with van der Waals surface area (Å²) in [7, 11) is 0. The summed E-state index contributed by atoms with van der Waals surface area (Å²) < 4.78 is 5.66. The van der Waals surface area contributed by atoms with Crippen LogP contribution < -0.4 is 0 Å². The van der Waals surface area contributed by atoms with Crippen LogP contribution in [0.3, 0.4) is 0 Å². The molecule has 0 aromatic heterocycles. The molecule has 114 valence electrons. The highest BCUT2D eigenvalue weighted by atomic mass is 16.5. The average Bonchev–Trinajstić information content (AvgIpc) is 2.52. The van der Waals surface area contributed by atoms with Crippen LogP contribution in [0.15, 0.2) is 23.5 Å². The lowest BCUT2D eigenvalue weighted by atomic mass is 9.80. The maximum Gasteiger partial charge on any atom is 0.109 e. The smallest absolute Gasteiger partial charge is 0.109 e. The number of hydrogen-bond donors (Lipinski definition) is 0. The van der Waals surface area contributed by atoms with Crippen LogP contribution >= 0.6 is 0 Å². The van der Waals surface area contributed by atoms with Crippen LogP contribution in [-0.4, -0.2) is 6.61 Å². The van der Waals surface area contributed by atoms with Crippen LogP contribution in [0, 0.1) is 11.8 Å². The summed E-state index contributed by atoms with van der Waals surface area (Å²) in [6, 6.07) is 0. The third kappa shape index (κ3) is 4.14. The molecule has 1 heteroatoms. The van der Waals surface area contributed by atoms with Crippen LogP contribution in [0.1, 0.15) is 78.1 Å². The first kappa shape index (κ1) is 15.7. The summed E-state index contributed by atoms with van der Waals surface area (Å²) in [6.07, 6.45) is 18.0. The lowest BCUT2D eigenvalue weighted by Crippen LogP contribution is -2.17. The maximum atomic E-state index is 5.66. The molecule has 1 aliphatic carbocycles. The molecule has 0 fully saturated rings. The van der Waals surface area contributed by atoms with E-state index in [2.05, 4.69) is 19.9 Å². The molecule has 2 aliphatic rings. The molecule has 0 saturated heterocycles. The first-order valence-electron chi connectivity index (χ1n) is 8.87. The lowest BCUT2D eigenvalue weighted by Gasteiger charge is -2.28. The van der Waals surface area contributed by atoms with Gasteiger partial charge in [0.1, 0.15) is 6.61 Å². The Morgan fingerprint density at radius 3 is 2.40 bits per heavy atom. The van der Waals surface area contributed by atoms with E-state index in [0.717, 1.165) is 18.4 Å². The van der Waals surface area contributed by atoms with E-state index in [1.807, 2.05) is 6.26 Å². The van der Waals surface area contributed by atoms with Gasteiger partial charge in [-0.3, -0.25) is 0 Å². The van der Waals surface area contributed by atoms with Gasteiger partial charge in [0, 0.05) is 0 Å². The van der Waals surface area contributed by atoms with Gasteiger partial charge >= 0.3 is 0 Å². The summed E-state index contributed by atoms with van der Waals surface area (Å²) in [4.78, 5) is 0. The third-order valence-corrected chi connectivity index (χ3v) is 5.12. The average molecular weight is 276 g/mol. The molecule has 1 aliphatic heterocycles. The Morgan fingerprint density at radius 2 is 1.70 bits per heavy atom. The van der Waals surface area contributed by atoms with Gasteiger partial charge in [0.15, 0.2) is 0 Å². The van der Waals surface area contributed by atoms with E-state index in [1.165, 1.54) is 64.2 Å². The molecule has 1 heterocycles. The standard InChI is InChI=1S/C19H32O/c1-3-10-17-12-9-7-5-6-8-11-16(4-2)19-15-20-14-13-18(17)19/h13-14,16-17H,3-12,15H2,1-2H3. The molecule has 0 saturated carbocycles. The van der Waals surface area contributed by atoms with E-state index in [0.29, 0.717) is 0 Å². The van der Waals surface area contributed by atoms with Crippen molar-refractivity contribution in [2.75, 3.05) is 6.61 Å². The van der Waals surface area contributed by atoms with E-state index in [4.69, 9.17) is 4.74 Å². The second-order valence-electron chi connectivity index (χ2n) is 6.53. The Labute approximate surface area is 125 Å². The minimum Gasteiger partial charge on any atom is -0.497 e. The Bertz CT molecular complexity index is 340. The zero-order valence-electron chi connectivity index (χ0n) is 13.5. The molecule has 0 amide bonds. The van der Waals surface area contributed by atoms with Gasteiger partial charge in [-0.05, 0) is 54.7 Å². The minimum absolute atomic E-state index is 0.757. The fraction of sp³-hybridized carbons (Fsp3) is 0.789. The topological polar surface area (TPSA) is 9.23 Å². The number of hydrogen-bond acceptors (Lipinski definition) is 1. The van der Waals surface area contributed by atoms with Crippen molar-refractivity contribution in [1.29, 1.82) is 0 Å². The highest BCUT2D eigenvalue weighted by Crippen LogP contribution is 2.36. The molecule has 0 spiro atoms. The van der Waals surface area contributed by atoms with Gasteiger partial charge in [-0.15, -0.1) is 0 Å². The fourth-order valence-corrected chi connectivity index (χ4v) is 3.94. The first-order chi connectivity index (χ1) is 9.86. The van der Waals surface area contributed by atoms with Crippen LogP contribution in [0.25, 0.3) is 0 Å². The fourth-order valence-electron chi connectivity index (χ4n) is 3.94. The molecule has 0 aromatic rings. The van der Waals surface area contributed by atoms with Crippen molar-refractivity contribution >= 4 is 0 Å². The van der Waals surface area contributed by atoms with Gasteiger partial charge in [-0.1, -0.05) is 52.4 Å². The van der Waals surface area contributed by atoms with Gasteiger partial charge in [-0.25, -0.2) is 0 Å². The largest absolute Gasteiger partial charge is 0.497 e. The molecule has 0 aromatic carbocycles. The van der Waals surface area contributed by atoms with Crippen molar-refractivity contribution in [1.82, 2.24) is 0 Å². The van der Waals surface area contributed by atoms with Crippen molar-refractivity contribution in [3.8, 4) is 0 Å². The van der Waals surface area contributed by atoms with E-state index in [1.54, 1.807) is 11.1 Å². The molecule has 2 unspecified atom stereocenters. The molecule has 1 nitrogen and oxygen atoms in total. The maximum absolute atomic E-state index is 5.66. The van der Waals surface area contributed by atoms with Crippen molar-refractivity contribution in [2.45, 2.75) is 78.1 Å². The van der Waals surface area contributed by atoms with Gasteiger partial charge in [0.25, 0.3) is 0 Å². The van der Waals surface area contributed by atoms with Crippen LogP contribution in [0.5, 0.6) is 0 Å². The third-order valence-electron chi connectivity index (χ3n) is 5.12.